The minimum absolute atomic E-state index is 0.101. The third kappa shape index (κ3) is 3.56. The number of carbonyl (C=O) groups is 1. The van der Waals surface area contributed by atoms with Gasteiger partial charge < -0.3 is 15.5 Å². The maximum Gasteiger partial charge on any atom is 0.251 e. The van der Waals surface area contributed by atoms with Gasteiger partial charge in [0.05, 0.1) is 0 Å². The van der Waals surface area contributed by atoms with Crippen molar-refractivity contribution in [1.29, 1.82) is 0 Å². The van der Waals surface area contributed by atoms with Gasteiger partial charge in [0.1, 0.15) is 11.5 Å². The molecule has 1 saturated carbocycles. The van der Waals surface area contributed by atoms with Crippen molar-refractivity contribution in [2.75, 3.05) is 5.75 Å². The molecule has 0 radical (unpaired) electrons. The molecule has 0 aliphatic heterocycles. The van der Waals surface area contributed by atoms with Crippen LogP contribution in [0.5, 0.6) is 11.5 Å². The van der Waals surface area contributed by atoms with Crippen LogP contribution in [0.2, 0.25) is 0 Å². The Labute approximate surface area is 117 Å². The van der Waals surface area contributed by atoms with Crippen LogP contribution >= 0.6 is 11.8 Å². The van der Waals surface area contributed by atoms with Crippen molar-refractivity contribution in [3.05, 3.63) is 23.8 Å². The molecule has 2 unspecified atom stereocenters. The molecule has 1 aromatic rings. The molecular weight excluding hydrogens is 262 g/mol. The first-order chi connectivity index (χ1) is 9.10. The van der Waals surface area contributed by atoms with Gasteiger partial charge in [0.15, 0.2) is 0 Å². The van der Waals surface area contributed by atoms with Crippen LogP contribution in [-0.2, 0) is 0 Å². The fourth-order valence-electron chi connectivity index (χ4n) is 2.48. The number of hydrogen-bond acceptors (Lipinski definition) is 4. The van der Waals surface area contributed by atoms with Crippen LogP contribution in [-0.4, -0.2) is 33.2 Å². The zero-order chi connectivity index (χ0) is 13.8. The number of thioether (sulfide) groups is 1. The van der Waals surface area contributed by atoms with Gasteiger partial charge in [0.2, 0.25) is 0 Å². The molecule has 0 spiro atoms. The predicted octanol–water partition coefficient (Wildman–Crippen LogP) is 2.50. The van der Waals surface area contributed by atoms with Gasteiger partial charge in [-0.15, -0.1) is 0 Å². The van der Waals surface area contributed by atoms with E-state index in [1.807, 2.05) is 11.8 Å². The number of hydrogen-bond donors (Lipinski definition) is 3. The Bertz CT molecular complexity index is 444. The van der Waals surface area contributed by atoms with Crippen molar-refractivity contribution in [3.8, 4) is 11.5 Å². The quantitative estimate of drug-likeness (QED) is 0.793. The second kappa shape index (κ2) is 6.19. The number of benzene rings is 1. The van der Waals surface area contributed by atoms with E-state index < -0.39 is 0 Å². The largest absolute Gasteiger partial charge is 0.508 e. The zero-order valence-corrected chi connectivity index (χ0v) is 11.7. The maximum atomic E-state index is 12.1. The van der Waals surface area contributed by atoms with Crippen molar-refractivity contribution in [2.45, 2.75) is 37.5 Å². The Morgan fingerprint density at radius 2 is 2.00 bits per heavy atom. The van der Waals surface area contributed by atoms with Crippen molar-refractivity contribution < 1.29 is 15.0 Å². The van der Waals surface area contributed by atoms with Crippen molar-refractivity contribution in [3.63, 3.8) is 0 Å². The van der Waals surface area contributed by atoms with Gasteiger partial charge in [-0.05, 0) is 30.7 Å². The van der Waals surface area contributed by atoms with Crippen LogP contribution < -0.4 is 5.32 Å². The molecule has 0 heterocycles. The fourth-order valence-corrected chi connectivity index (χ4v) is 3.68. The molecule has 4 nitrogen and oxygen atoms in total. The molecule has 3 N–H and O–H groups in total. The standard InChI is InChI=1S/C14H19NO3S/c1-2-19-13-5-3-4-12(13)15-14(18)9-6-10(16)8-11(17)7-9/h6-8,12-13,16-17H,2-5H2,1H3,(H,15,18). The summed E-state index contributed by atoms with van der Waals surface area (Å²) in [6.45, 7) is 2.12. The lowest BCUT2D eigenvalue weighted by atomic mass is 10.1. The molecule has 104 valence electrons. The van der Waals surface area contributed by atoms with Crippen LogP contribution in [0, 0.1) is 0 Å². The van der Waals surface area contributed by atoms with E-state index in [0.717, 1.165) is 25.0 Å². The van der Waals surface area contributed by atoms with Crippen LogP contribution in [0.3, 0.4) is 0 Å². The van der Waals surface area contributed by atoms with Crippen LogP contribution in [0.4, 0.5) is 0 Å². The van der Waals surface area contributed by atoms with E-state index in [9.17, 15) is 15.0 Å². The summed E-state index contributed by atoms with van der Waals surface area (Å²) in [5.41, 5.74) is 0.296. The summed E-state index contributed by atoms with van der Waals surface area (Å²) >= 11 is 1.88. The van der Waals surface area contributed by atoms with E-state index >= 15 is 0 Å². The smallest absolute Gasteiger partial charge is 0.251 e. The highest BCUT2D eigenvalue weighted by Crippen LogP contribution is 2.30. The minimum atomic E-state index is -0.236. The maximum absolute atomic E-state index is 12.1. The summed E-state index contributed by atoms with van der Waals surface area (Å²) < 4.78 is 0. The average Bonchev–Trinajstić information content (AvgIpc) is 2.76. The topological polar surface area (TPSA) is 69.6 Å². The van der Waals surface area contributed by atoms with Gasteiger partial charge in [0, 0.05) is 22.9 Å². The Balaban J connectivity index is 2.04. The third-order valence-electron chi connectivity index (χ3n) is 3.31. The Kier molecular flexibility index (Phi) is 4.58. The second-order valence-electron chi connectivity index (χ2n) is 4.74. The average molecular weight is 281 g/mol. The van der Waals surface area contributed by atoms with Crippen LogP contribution in [0.1, 0.15) is 36.5 Å². The van der Waals surface area contributed by atoms with E-state index in [1.165, 1.54) is 18.2 Å². The summed E-state index contributed by atoms with van der Waals surface area (Å²) in [6.07, 6.45) is 3.26. The molecule has 1 aromatic carbocycles. The normalized spacial score (nSPS) is 22.4. The van der Waals surface area contributed by atoms with Gasteiger partial charge in [-0.25, -0.2) is 0 Å². The highest BCUT2D eigenvalue weighted by Gasteiger charge is 2.28. The van der Waals surface area contributed by atoms with E-state index in [-0.39, 0.29) is 23.4 Å². The lowest BCUT2D eigenvalue weighted by Gasteiger charge is -2.20. The molecule has 0 aromatic heterocycles. The molecule has 19 heavy (non-hydrogen) atoms. The van der Waals surface area contributed by atoms with Gasteiger partial charge in [-0.1, -0.05) is 13.3 Å². The van der Waals surface area contributed by atoms with Gasteiger partial charge in [-0.3, -0.25) is 4.79 Å². The number of carbonyl (C=O) groups excluding carboxylic acids is 1. The first kappa shape index (κ1) is 14.1. The summed E-state index contributed by atoms with van der Waals surface area (Å²) in [4.78, 5) is 12.1. The monoisotopic (exact) mass is 281 g/mol. The molecule has 1 fully saturated rings. The Morgan fingerprint density at radius 1 is 1.32 bits per heavy atom. The van der Waals surface area contributed by atoms with Gasteiger partial charge >= 0.3 is 0 Å². The minimum Gasteiger partial charge on any atom is -0.508 e. The first-order valence-corrected chi connectivity index (χ1v) is 7.60. The molecule has 2 atom stereocenters. The summed E-state index contributed by atoms with van der Waals surface area (Å²) in [7, 11) is 0. The van der Waals surface area contributed by atoms with Crippen LogP contribution in [0.25, 0.3) is 0 Å². The highest BCUT2D eigenvalue weighted by molar-refractivity contribution is 7.99. The van der Waals surface area contributed by atoms with E-state index in [4.69, 9.17) is 0 Å². The van der Waals surface area contributed by atoms with Gasteiger partial charge in [-0.2, -0.15) is 11.8 Å². The second-order valence-corrected chi connectivity index (χ2v) is 6.26. The molecule has 1 amide bonds. The number of rotatable bonds is 4. The van der Waals surface area contributed by atoms with E-state index in [0.29, 0.717) is 10.8 Å². The summed E-state index contributed by atoms with van der Waals surface area (Å²) in [5, 5.41) is 22.3. The Hall–Kier alpha value is -1.36. The number of aromatic hydroxyl groups is 2. The van der Waals surface area contributed by atoms with Crippen LogP contribution in [0.15, 0.2) is 18.2 Å². The zero-order valence-electron chi connectivity index (χ0n) is 10.9. The lowest BCUT2D eigenvalue weighted by molar-refractivity contribution is 0.0938. The molecule has 5 heteroatoms. The molecule has 2 rings (SSSR count). The van der Waals surface area contributed by atoms with Crippen molar-refractivity contribution in [2.24, 2.45) is 0 Å². The molecular formula is C14H19NO3S. The summed E-state index contributed by atoms with van der Waals surface area (Å²) in [6, 6.07) is 4.13. The van der Waals surface area contributed by atoms with Crippen molar-refractivity contribution in [1.82, 2.24) is 5.32 Å². The van der Waals surface area contributed by atoms with Gasteiger partial charge in [0.25, 0.3) is 5.91 Å². The highest BCUT2D eigenvalue weighted by atomic mass is 32.2. The number of phenolic OH excluding ortho intramolecular Hbond substituents is 2. The third-order valence-corrected chi connectivity index (χ3v) is 4.64. The Morgan fingerprint density at radius 3 is 2.63 bits per heavy atom. The van der Waals surface area contributed by atoms with E-state index in [2.05, 4.69) is 12.2 Å². The fraction of sp³-hybridized carbons (Fsp3) is 0.500. The number of phenols is 2. The SMILES string of the molecule is CCSC1CCCC1NC(=O)c1cc(O)cc(O)c1. The van der Waals surface area contributed by atoms with Crippen molar-refractivity contribution >= 4 is 17.7 Å². The lowest BCUT2D eigenvalue weighted by Crippen LogP contribution is -2.38. The predicted molar refractivity (Wildman–Crippen MR) is 76.8 cm³/mol. The number of nitrogens with one attached hydrogen (secondary N) is 1. The molecule has 0 bridgehead atoms. The van der Waals surface area contributed by atoms with E-state index in [1.54, 1.807) is 0 Å². The first-order valence-electron chi connectivity index (χ1n) is 6.55. The molecule has 1 aliphatic carbocycles. The number of amides is 1. The summed E-state index contributed by atoms with van der Waals surface area (Å²) in [5.74, 6) is 0.608. The molecule has 0 saturated heterocycles. The molecule has 1 aliphatic rings.